The summed E-state index contributed by atoms with van der Waals surface area (Å²) in [7, 11) is 1.60. The first-order valence-electron chi connectivity index (χ1n) is 11.5. The number of rotatable bonds is 10. The normalized spacial score (nSPS) is 11.1. The van der Waals surface area contributed by atoms with Gasteiger partial charge >= 0.3 is 5.97 Å². The van der Waals surface area contributed by atoms with Gasteiger partial charge < -0.3 is 14.2 Å². The molecule has 0 unspecified atom stereocenters. The molecule has 1 amide bonds. The summed E-state index contributed by atoms with van der Waals surface area (Å²) in [5.74, 6) is 1.27. The number of hydrogen-bond acceptors (Lipinski definition) is 6. The number of esters is 1. The molecule has 0 aliphatic heterocycles. The van der Waals surface area contributed by atoms with Crippen LogP contribution in [0.3, 0.4) is 0 Å². The molecule has 3 aromatic rings. The first-order chi connectivity index (χ1) is 17.3. The molecular weight excluding hydrogens is 456 g/mol. The van der Waals surface area contributed by atoms with E-state index in [1.165, 1.54) is 12.3 Å². The zero-order valence-electron chi connectivity index (χ0n) is 20.9. The zero-order chi connectivity index (χ0) is 25.9. The van der Waals surface area contributed by atoms with Crippen molar-refractivity contribution in [3.05, 3.63) is 95.1 Å². The summed E-state index contributed by atoms with van der Waals surface area (Å²) in [4.78, 5) is 24.2. The lowest BCUT2D eigenvalue weighted by atomic mass is 10.0. The maximum Gasteiger partial charge on any atom is 0.336 e. The van der Waals surface area contributed by atoms with Crippen LogP contribution in [0.2, 0.25) is 0 Å². The van der Waals surface area contributed by atoms with Crippen LogP contribution in [-0.2, 0) is 9.59 Å². The highest BCUT2D eigenvalue weighted by Crippen LogP contribution is 2.27. The van der Waals surface area contributed by atoms with Gasteiger partial charge in [-0.2, -0.15) is 5.10 Å². The van der Waals surface area contributed by atoms with E-state index in [9.17, 15) is 9.59 Å². The van der Waals surface area contributed by atoms with Crippen molar-refractivity contribution in [1.29, 1.82) is 0 Å². The molecule has 0 spiro atoms. The maximum atomic E-state index is 12.1. The molecule has 0 bridgehead atoms. The summed E-state index contributed by atoms with van der Waals surface area (Å²) in [5.41, 5.74) is 6.15. The van der Waals surface area contributed by atoms with Gasteiger partial charge in [0.15, 0.2) is 6.61 Å². The fourth-order valence-electron chi connectivity index (χ4n) is 3.25. The molecule has 3 rings (SSSR count). The van der Waals surface area contributed by atoms with Crippen molar-refractivity contribution in [3.63, 3.8) is 0 Å². The molecule has 0 atom stereocenters. The molecule has 1 N–H and O–H groups in total. The average Bonchev–Trinajstić information content (AvgIpc) is 2.87. The second kappa shape index (κ2) is 12.9. The summed E-state index contributed by atoms with van der Waals surface area (Å²) in [6.07, 6.45) is 4.52. The molecule has 3 aromatic carbocycles. The van der Waals surface area contributed by atoms with Crippen LogP contribution in [0.4, 0.5) is 0 Å². The van der Waals surface area contributed by atoms with Gasteiger partial charge in [-0.25, -0.2) is 10.2 Å². The van der Waals surface area contributed by atoms with E-state index in [-0.39, 0.29) is 18.4 Å². The van der Waals surface area contributed by atoms with Gasteiger partial charge in [0, 0.05) is 6.08 Å². The van der Waals surface area contributed by atoms with E-state index < -0.39 is 5.97 Å². The van der Waals surface area contributed by atoms with Crippen LogP contribution in [0.5, 0.6) is 17.2 Å². The molecule has 36 heavy (non-hydrogen) atoms. The number of aryl methyl sites for hydroxylation is 1. The highest BCUT2D eigenvalue weighted by Gasteiger charge is 2.10. The van der Waals surface area contributed by atoms with Crippen molar-refractivity contribution in [3.8, 4) is 17.2 Å². The molecule has 0 aliphatic carbocycles. The Bertz CT molecular complexity index is 1230. The number of benzene rings is 3. The predicted octanol–water partition coefficient (Wildman–Crippen LogP) is 5.27. The maximum absolute atomic E-state index is 12.1. The van der Waals surface area contributed by atoms with Gasteiger partial charge in [0.25, 0.3) is 5.91 Å². The largest absolute Gasteiger partial charge is 0.497 e. The van der Waals surface area contributed by atoms with Crippen LogP contribution in [0, 0.1) is 6.92 Å². The predicted molar refractivity (Wildman–Crippen MR) is 141 cm³/mol. The molecule has 0 aliphatic rings. The lowest BCUT2D eigenvalue weighted by molar-refractivity contribution is -0.129. The Balaban J connectivity index is 1.46. The highest BCUT2D eigenvalue weighted by molar-refractivity contribution is 5.89. The number of nitrogens with zero attached hydrogens (tertiary/aromatic N) is 1. The van der Waals surface area contributed by atoms with E-state index in [0.29, 0.717) is 11.5 Å². The molecule has 7 nitrogen and oxygen atoms in total. The van der Waals surface area contributed by atoms with Crippen LogP contribution in [0.25, 0.3) is 6.08 Å². The number of ether oxygens (including phenoxy) is 3. The quantitative estimate of drug-likeness (QED) is 0.139. The Hall–Kier alpha value is -4.39. The van der Waals surface area contributed by atoms with Crippen LogP contribution in [0.15, 0.2) is 77.9 Å². The Labute approximate surface area is 211 Å². The monoisotopic (exact) mass is 486 g/mol. The SMILES string of the molecule is COc1ccc(/C=C/C(=O)Oc2ccc(/C=N/NC(=O)COc3cc(C)ccc3C(C)C)cc2)cc1. The minimum atomic E-state index is -0.492. The second-order valence-electron chi connectivity index (χ2n) is 8.37. The topological polar surface area (TPSA) is 86.2 Å². The van der Waals surface area contributed by atoms with Crippen molar-refractivity contribution >= 4 is 24.2 Å². The van der Waals surface area contributed by atoms with Gasteiger partial charge in [-0.15, -0.1) is 0 Å². The third-order valence-electron chi connectivity index (χ3n) is 5.18. The van der Waals surface area contributed by atoms with Gasteiger partial charge in [0.1, 0.15) is 17.2 Å². The number of hydrogen-bond donors (Lipinski definition) is 1. The molecule has 0 radical (unpaired) electrons. The number of carbonyl (C=O) groups is 2. The average molecular weight is 487 g/mol. The fourth-order valence-corrected chi connectivity index (χ4v) is 3.25. The number of hydrazone groups is 1. The van der Waals surface area contributed by atoms with Crippen molar-refractivity contribution in [2.75, 3.05) is 13.7 Å². The Kier molecular flexibility index (Phi) is 9.40. The number of carbonyl (C=O) groups excluding carboxylic acids is 2. The van der Waals surface area contributed by atoms with E-state index >= 15 is 0 Å². The number of amides is 1. The molecule has 0 aromatic heterocycles. The van der Waals surface area contributed by atoms with Crippen molar-refractivity contribution in [1.82, 2.24) is 5.43 Å². The third-order valence-corrected chi connectivity index (χ3v) is 5.18. The van der Waals surface area contributed by atoms with Gasteiger partial charge in [-0.1, -0.05) is 38.1 Å². The van der Waals surface area contributed by atoms with Crippen LogP contribution in [0.1, 0.15) is 42.0 Å². The summed E-state index contributed by atoms with van der Waals surface area (Å²) in [6, 6.07) is 20.0. The number of nitrogens with one attached hydrogen (secondary N) is 1. The summed E-state index contributed by atoms with van der Waals surface area (Å²) in [5, 5.41) is 3.96. The first-order valence-corrected chi connectivity index (χ1v) is 11.5. The Morgan fingerprint density at radius 1 is 0.944 bits per heavy atom. The van der Waals surface area contributed by atoms with Gasteiger partial charge in [-0.3, -0.25) is 4.79 Å². The van der Waals surface area contributed by atoms with E-state index in [1.54, 1.807) is 37.5 Å². The Morgan fingerprint density at radius 2 is 1.61 bits per heavy atom. The summed E-state index contributed by atoms with van der Waals surface area (Å²) in [6.45, 7) is 5.99. The zero-order valence-corrected chi connectivity index (χ0v) is 20.9. The fraction of sp³-hybridized carbons (Fsp3) is 0.207. The van der Waals surface area contributed by atoms with Crippen LogP contribution in [-0.4, -0.2) is 31.8 Å². The van der Waals surface area contributed by atoms with Crippen molar-refractivity contribution < 1.29 is 23.8 Å². The van der Waals surface area contributed by atoms with Gasteiger partial charge in [0.05, 0.1) is 13.3 Å². The van der Waals surface area contributed by atoms with Crippen molar-refractivity contribution in [2.24, 2.45) is 5.10 Å². The number of methoxy groups -OCH3 is 1. The van der Waals surface area contributed by atoms with Crippen LogP contribution < -0.4 is 19.6 Å². The highest BCUT2D eigenvalue weighted by atomic mass is 16.5. The molecule has 0 fully saturated rings. The van der Waals surface area contributed by atoms with E-state index in [2.05, 4.69) is 24.4 Å². The smallest absolute Gasteiger partial charge is 0.336 e. The molecule has 186 valence electrons. The van der Waals surface area contributed by atoms with Crippen LogP contribution >= 0.6 is 0 Å². The molecule has 0 saturated carbocycles. The molecule has 0 heterocycles. The minimum absolute atomic E-state index is 0.139. The standard InChI is InChI=1S/C29H30N2O5/c1-20(2)26-15-5-21(3)17-27(26)35-19-28(32)31-30-18-23-8-13-25(14-9-23)36-29(33)16-10-22-6-11-24(34-4)12-7-22/h5-18,20H,19H2,1-4H3,(H,31,32)/b16-10+,30-18+. The van der Waals surface area contributed by atoms with Crippen molar-refractivity contribution in [2.45, 2.75) is 26.7 Å². The Morgan fingerprint density at radius 3 is 2.28 bits per heavy atom. The first kappa shape index (κ1) is 26.2. The summed E-state index contributed by atoms with van der Waals surface area (Å²) >= 11 is 0. The third kappa shape index (κ3) is 8.13. The van der Waals surface area contributed by atoms with Gasteiger partial charge in [0.2, 0.25) is 0 Å². The minimum Gasteiger partial charge on any atom is -0.497 e. The lowest BCUT2D eigenvalue weighted by Crippen LogP contribution is -2.25. The van der Waals surface area contributed by atoms with E-state index in [4.69, 9.17) is 14.2 Å². The molecule has 7 heteroatoms. The molecular formula is C29H30N2O5. The van der Waals surface area contributed by atoms with E-state index in [1.807, 2.05) is 49.4 Å². The second-order valence-corrected chi connectivity index (χ2v) is 8.37. The van der Waals surface area contributed by atoms with Gasteiger partial charge in [-0.05, 0) is 83.6 Å². The lowest BCUT2D eigenvalue weighted by Gasteiger charge is -2.14. The molecule has 0 saturated heterocycles. The van der Waals surface area contributed by atoms with E-state index in [0.717, 1.165) is 28.0 Å². The summed E-state index contributed by atoms with van der Waals surface area (Å²) < 4.78 is 16.1.